The molecule has 2 atom stereocenters. The molecular weight excluding hydrogens is 232 g/mol. The highest BCUT2D eigenvalue weighted by atomic mass is 32.2. The molecule has 0 saturated carbocycles. The number of benzene rings is 1. The Balaban J connectivity index is 1.77. The molecule has 17 heavy (non-hydrogen) atoms. The maximum Gasteiger partial charge on any atom is 0.0888 e. The zero-order valence-corrected chi connectivity index (χ0v) is 11.1. The predicted molar refractivity (Wildman–Crippen MR) is 71.4 cm³/mol. The number of ether oxygens (including phenoxy) is 1. The molecule has 0 amide bonds. The fourth-order valence-corrected chi connectivity index (χ4v) is 3.22. The van der Waals surface area contributed by atoms with Crippen molar-refractivity contribution in [2.45, 2.75) is 42.8 Å². The van der Waals surface area contributed by atoms with Crippen LogP contribution >= 0.6 is 11.8 Å². The number of thioether (sulfide) groups is 1. The summed E-state index contributed by atoms with van der Waals surface area (Å²) >= 11 is 1.79. The van der Waals surface area contributed by atoms with Crippen molar-refractivity contribution in [2.75, 3.05) is 12.4 Å². The Morgan fingerprint density at radius 2 is 2.18 bits per heavy atom. The first-order valence-corrected chi connectivity index (χ1v) is 7.19. The van der Waals surface area contributed by atoms with E-state index in [1.54, 1.807) is 11.8 Å². The van der Waals surface area contributed by atoms with Gasteiger partial charge in [0.25, 0.3) is 0 Å². The van der Waals surface area contributed by atoms with Gasteiger partial charge < -0.3 is 9.84 Å². The van der Waals surface area contributed by atoms with Crippen molar-refractivity contribution in [1.29, 1.82) is 0 Å². The van der Waals surface area contributed by atoms with Crippen LogP contribution in [0, 0.1) is 0 Å². The van der Waals surface area contributed by atoms with Crippen LogP contribution in [0.3, 0.4) is 0 Å². The Kier molecular flexibility index (Phi) is 4.48. The van der Waals surface area contributed by atoms with Crippen molar-refractivity contribution in [3.05, 3.63) is 30.3 Å². The second kappa shape index (κ2) is 5.89. The smallest absolute Gasteiger partial charge is 0.0888 e. The summed E-state index contributed by atoms with van der Waals surface area (Å²) in [6.07, 6.45) is 2.87. The standard InChI is InChI=1S/C14H20O2S/c1-14(15,13-8-5-10-16-13)9-11-17-12-6-3-2-4-7-12/h2-4,6-7,13,15H,5,8-11H2,1H3/t13-,14+/m0/s1. The normalized spacial score (nSPS) is 23.5. The lowest BCUT2D eigenvalue weighted by molar-refractivity contribution is -0.0735. The summed E-state index contributed by atoms with van der Waals surface area (Å²) in [4.78, 5) is 1.26. The molecule has 1 fully saturated rings. The minimum Gasteiger partial charge on any atom is -0.387 e. The maximum absolute atomic E-state index is 10.4. The SMILES string of the molecule is C[C@@](O)(CCSc1ccccc1)[C@@H]1CCCO1. The molecule has 1 aromatic rings. The van der Waals surface area contributed by atoms with Gasteiger partial charge in [-0.25, -0.2) is 0 Å². The topological polar surface area (TPSA) is 29.5 Å². The summed E-state index contributed by atoms with van der Waals surface area (Å²) in [6, 6.07) is 10.3. The van der Waals surface area contributed by atoms with E-state index in [0.29, 0.717) is 0 Å². The summed E-state index contributed by atoms with van der Waals surface area (Å²) in [5.74, 6) is 0.927. The van der Waals surface area contributed by atoms with Crippen LogP contribution in [0.4, 0.5) is 0 Å². The molecule has 1 saturated heterocycles. The summed E-state index contributed by atoms with van der Waals surface area (Å²) in [5.41, 5.74) is -0.682. The number of aliphatic hydroxyl groups is 1. The van der Waals surface area contributed by atoms with Crippen LogP contribution in [0.1, 0.15) is 26.2 Å². The third kappa shape index (κ3) is 3.73. The molecule has 0 spiro atoms. The minimum atomic E-state index is -0.682. The first kappa shape index (κ1) is 12.9. The molecule has 0 unspecified atom stereocenters. The maximum atomic E-state index is 10.4. The molecule has 2 nitrogen and oxygen atoms in total. The average molecular weight is 252 g/mol. The number of hydrogen-bond donors (Lipinski definition) is 1. The van der Waals surface area contributed by atoms with Gasteiger partial charge in [-0.2, -0.15) is 0 Å². The lowest BCUT2D eigenvalue weighted by Crippen LogP contribution is -2.39. The molecular formula is C14H20O2S. The first-order valence-electron chi connectivity index (χ1n) is 6.20. The van der Waals surface area contributed by atoms with E-state index in [1.807, 2.05) is 25.1 Å². The van der Waals surface area contributed by atoms with Gasteiger partial charge in [-0.3, -0.25) is 0 Å². The highest BCUT2D eigenvalue weighted by molar-refractivity contribution is 7.99. The van der Waals surface area contributed by atoms with E-state index in [0.717, 1.165) is 31.6 Å². The summed E-state index contributed by atoms with van der Waals surface area (Å²) in [7, 11) is 0. The summed E-state index contributed by atoms with van der Waals surface area (Å²) < 4.78 is 5.56. The molecule has 0 aliphatic carbocycles. The third-order valence-electron chi connectivity index (χ3n) is 3.24. The fraction of sp³-hybridized carbons (Fsp3) is 0.571. The summed E-state index contributed by atoms with van der Waals surface area (Å²) in [5, 5.41) is 10.4. The predicted octanol–water partition coefficient (Wildman–Crippen LogP) is 3.10. The van der Waals surface area contributed by atoms with Gasteiger partial charge in [0.2, 0.25) is 0 Å². The molecule has 0 radical (unpaired) electrons. The van der Waals surface area contributed by atoms with Gasteiger partial charge in [0.1, 0.15) is 0 Å². The van der Waals surface area contributed by atoms with Crippen LogP contribution in [-0.4, -0.2) is 29.2 Å². The molecule has 2 rings (SSSR count). The highest BCUT2D eigenvalue weighted by Crippen LogP contribution is 2.29. The lowest BCUT2D eigenvalue weighted by Gasteiger charge is -2.29. The van der Waals surface area contributed by atoms with Crippen LogP contribution in [0.5, 0.6) is 0 Å². The monoisotopic (exact) mass is 252 g/mol. The van der Waals surface area contributed by atoms with Crippen LogP contribution in [0.2, 0.25) is 0 Å². The van der Waals surface area contributed by atoms with E-state index in [-0.39, 0.29) is 6.10 Å². The molecule has 1 aromatic carbocycles. The van der Waals surface area contributed by atoms with Crippen molar-refractivity contribution in [3.63, 3.8) is 0 Å². The van der Waals surface area contributed by atoms with Gasteiger partial charge in [-0.15, -0.1) is 11.8 Å². The molecule has 1 aliphatic heterocycles. The second-order valence-electron chi connectivity index (χ2n) is 4.77. The van der Waals surface area contributed by atoms with Crippen LogP contribution in [0.15, 0.2) is 35.2 Å². The van der Waals surface area contributed by atoms with E-state index < -0.39 is 5.60 Å². The Morgan fingerprint density at radius 3 is 2.82 bits per heavy atom. The highest BCUT2D eigenvalue weighted by Gasteiger charge is 2.34. The minimum absolute atomic E-state index is 0.0267. The zero-order chi connectivity index (χ0) is 12.1. The number of rotatable bonds is 5. The Morgan fingerprint density at radius 1 is 1.41 bits per heavy atom. The van der Waals surface area contributed by atoms with Crippen molar-refractivity contribution in [2.24, 2.45) is 0 Å². The molecule has 94 valence electrons. The fourth-order valence-electron chi connectivity index (χ4n) is 2.12. The summed E-state index contributed by atoms with van der Waals surface area (Å²) in [6.45, 7) is 2.70. The van der Waals surface area contributed by atoms with Crippen LogP contribution in [-0.2, 0) is 4.74 Å². The van der Waals surface area contributed by atoms with Crippen LogP contribution < -0.4 is 0 Å². The van der Waals surface area contributed by atoms with E-state index in [1.165, 1.54) is 4.90 Å². The molecule has 0 aromatic heterocycles. The average Bonchev–Trinajstić information content (AvgIpc) is 2.84. The molecule has 3 heteroatoms. The molecule has 1 N–H and O–H groups in total. The van der Waals surface area contributed by atoms with Gasteiger partial charge in [-0.1, -0.05) is 18.2 Å². The van der Waals surface area contributed by atoms with Crippen molar-refractivity contribution in [3.8, 4) is 0 Å². The molecule has 1 aliphatic rings. The number of hydrogen-bond acceptors (Lipinski definition) is 3. The quantitative estimate of drug-likeness (QED) is 0.817. The lowest BCUT2D eigenvalue weighted by atomic mass is 9.94. The van der Waals surface area contributed by atoms with Crippen molar-refractivity contribution >= 4 is 11.8 Å². The first-order chi connectivity index (χ1) is 8.18. The van der Waals surface area contributed by atoms with E-state index in [2.05, 4.69) is 12.1 Å². The Hall–Kier alpha value is -0.510. The Labute approximate surface area is 107 Å². The third-order valence-corrected chi connectivity index (χ3v) is 4.26. The zero-order valence-electron chi connectivity index (χ0n) is 10.3. The van der Waals surface area contributed by atoms with Gasteiger partial charge in [0, 0.05) is 17.3 Å². The van der Waals surface area contributed by atoms with Gasteiger partial charge in [-0.05, 0) is 38.3 Å². The van der Waals surface area contributed by atoms with Gasteiger partial charge >= 0.3 is 0 Å². The largest absolute Gasteiger partial charge is 0.387 e. The second-order valence-corrected chi connectivity index (χ2v) is 5.94. The van der Waals surface area contributed by atoms with Gasteiger partial charge in [0.15, 0.2) is 0 Å². The molecule has 0 bridgehead atoms. The van der Waals surface area contributed by atoms with E-state index in [4.69, 9.17) is 4.74 Å². The van der Waals surface area contributed by atoms with E-state index in [9.17, 15) is 5.11 Å². The van der Waals surface area contributed by atoms with Gasteiger partial charge in [0.05, 0.1) is 11.7 Å². The van der Waals surface area contributed by atoms with Crippen LogP contribution in [0.25, 0.3) is 0 Å². The Bertz CT molecular complexity index is 331. The van der Waals surface area contributed by atoms with Crippen molar-refractivity contribution < 1.29 is 9.84 Å². The molecule has 1 heterocycles. The van der Waals surface area contributed by atoms with Crippen molar-refractivity contribution in [1.82, 2.24) is 0 Å². The van der Waals surface area contributed by atoms with E-state index >= 15 is 0 Å².